The summed E-state index contributed by atoms with van der Waals surface area (Å²) in [6.45, 7) is 7.40. The van der Waals surface area contributed by atoms with E-state index in [1.165, 1.54) is 4.90 Å². The van der Waals surface area contributed by atoms with Crippen molar-refractivity contribution in [3.63, 3.8) is 0 Å². The second-order valence-corrected chi connectivity index (χ2v) is 6.90. The number of urea groups is 1. The average molecular weight is 387 g/mol. The van der Waals surface area contributed by atoms with Crippen LogP contribution in [0, 0.1) is 20.8 Å². The second-order valence-electron chi connectivity index (χ2n) is 6.90. The summed E-state index contributed by atoms with van der Waals surface area (Å²) in [4.78, 5) is 26.0. The predicted octanol–water partition coefficient (Wildman–Crippen LogP) is 2.48. The van der Waals surface area contributed by atoms with Gasteiger partial charge >= 0.3 is 6.03 Å². The van der Waals surface area contributed by atoms with E-state index in [0.717, 1.165) is 22.5 Å². The highest BCUT2D eigenvalue weighted by molar-refractivity contribution is 5.97. The number of nitrogens with zero attached hydrogens (tertiary/aromatic N) is 3. The number of carbonyl (C=O) groups is 2. The highest BCUT2D eigenvalue weighted by Crippen LogP contribution is 2.18. The Morgan fingerprint density at radius 3 is 2.57 bits per heavy atom. The van der Waals surface area contributed by atoms with Gasteiger partial charge in [0.1, 0.15) is 0 Å². The number of rotatable bonds is 7. The monoisotopic (exact) mass is 387 g/mol. The van der Waals surface area contributed by atoms with E-state index in [1.807, 2.05) is 31.5 Å². The maximum atomic E-state index is 12.4. The van der Waals surface area contributed by atoms with Gasteiger partial charge in [0.05, 0.1) is 18.8 Å². The van der Waals surface area contributed by atoms with Crippen LogP contribution in [-0.2, 0) is 17.8 Å². The molecule has 0 unspecified atom stereocenters. The molecule has 8 heteroatoms. The summed E-state index contributed by atoms with van der Waals surface area (Å²) < 4.78 is 6.98. The van der Waals surface area contributed by atoms with Crippen LogP contribution in [-0.4, -0.2) is 54.4 Å². The molecule has 0 aliphatic heterocycles. The topological polar surface area (TPSA) is 88.5 Å². The lowest BCUT2D eigenvalue weighted by Crippen LogP contribution is -2.29. The first kappa shape index (κ1) is 21.4. The van der Waals surface area contributed by atoms with Crippen LogP contribution in [0.15, 0.2) is 18.2 Å². The molecular formula is C20H29N5O3. The smallest absolute Gasteiger partial charge is 0.319 e. The Hall–Kier alpha value is -2.87. The number of hydrogen-bond donors (Lipinski definition) is 2. The lowest BCUT2D eigenvalue weighted by Gasteiger charge is -2.14. The lowest BCUT2D eigenvalue weighted by atomic mass is 10.1. The fourth-order valence-corrected chi connectivity index (χ4v) is 2.87. The third-order valence-corrected chi connectivity index (χ3v) is 4.60. The largest absolute Gasteiger partial charge is 0.383 e. The fraction of sp³-hybridized carbons (Fsp3) is 0.450. The van der Waals surface area contributed by atoms with Crippen LogP contribution in [0.2, 0.25) is 0 Å². The molecule has 0 atom stereocenters. The SMILES string of the molecule is COCCn1nc(C)c(CNC(=O)Nc2cc(C(=O)N(C)C)ccc2C)c1C. The lowest BCUT2D eigenvalue weighted by molar-refractivity contribution is 0.0827. The van der Waals surface area contributed by atoms with Crippen LogP contribution >= 0.6 is 0 Å². The molecule has 0 saturated heterocycles. The number of hydrogen-bond acceptors (Lipinski definition) is 4. The van der Waals surface area contributed by atoms with Crippen molar-refractivity contribution in [1.82, 2.24) is 20.0 Å². The Morgan fingerprint density at radius 1 is 1.21 bits per heavy atom. The summed E-state index contributed by atoms with van der Waals surface area (Å²) in [6.07, 6.45) is 0. The highest BCUT2D eigenvalue weighted by Gasteiger charge is 2.14. The van der Waals surface area contributed by atoms with E-state index in [-0.39, 0.29) is 11.9 Å². The molecule has 0 aliphatic rings. The van der Waals surface area contributed by atoms with Crippen molar-refractivity contribution in [2.45, 2.75) is 33.9 Å². The molecule has 28 heavy (non-hydrogen) atoms. The normalized spacial score (nSPS) is 10.6. The van der Waals surface area contributed by atoms with E-state index >= 15 is 0 Å². The number of aromatic nitrogens is 2. The van der Waals surface area contributed by atoms with Gasteiger partial charge in [0.2, 0.25) is 0 Å². The van der Waals surface area contributed by atoms with Crippen molar-refractivity contribution in [3.05, 3.63) is 46.3 Å². The Morgan fingerprint density at radius 2 is 1.93 bits per heavy atom. The molecule has 2 N–H and O–H groups in total. The first-order chi connectivity index (χ1) is 13.2. The number of methoxy groups -OCH3 is 1. The number of anilines is 1. The average Bonchev–Trinajstić information content (AvgIpc) is 2.92. The maximum absolute atomic E-state index is 12.4. The first-order valence-electron chi connectivity index (χ1n) is 9.13. The number of ether oxygens (including phenoxy) is 1. The summed E-state index contributed by atoms with van der Waals surface area (Å²) in [6, 6.07) is 4.93. The molecule has 0 radical (unpaired) electrons. The molecule has 3 amide bonds. The summed E-state index contributed by atoms with van der Waals surface area (Å²) in [5.74, 6) is -0.113. The molecule has 0 saturated carbocycles. The Bertz CT molecular complexity index is 858. The minimum absolute atomic E-state index is 0.113. The van der Waals surface area contributed by atoms with Crippen LogP contribution in [0.4, 0.5) is 10.5 Å². The van der Waals surface area contributed by atoms with Gasteiger partial charge in [-0.1, -0.05) is 6.07 Å². The van der Waals surface area contributed by atoms with Crippen LogP contribution in [0.5, 0.6) is 0 Å². The van der Waals surface area contributed by atoms with Crippen molar-refractivity contribution in [2.24, 2.45) is 0 Å². The number of nitrogens with one attached hydrogen (secondary N) is 2. The zero-order chi connectivity index (χ0) is 20.8. The van der Waals surface area contributed by atoms with E-state index in [0.29, 0.717) is 30.9 Å². The van der Waals surface area contributed by atoms with Crippen LogP contribution in [0.3, 0.4) is 0 Å². The van der Waals surface area contributed by atoms with Crippen molar-refractivity contribution >= 4 is 17.6 Å². The molecule has 0 fully saturated rings. The minimum atomic E-state index is -0.332. The highest BCUT2D eigenvalue weighted by atomic mass is 16.5. The standard InChI is InChI=1S/C20H29N5O3/c1-13-7-8-16(19(26)24(4)5)11-18(13)22-20(27)21-12-17-14(2)23-25(15(17)3)9-10-28-6/h7-8,11H,9-10,12H2,1-6H3,(H2,21,22,27). The first-order valence-corrected chi connectivity index (χ1v) is 9.13. The molecule has 1 aromatic heterocycles. The molecule has 152 valence electrons. The quantitative estimate of drug-likeness (QED) is 0.764. The van der Waals surface area contributed by atoms with Crippen molar-refractivity contribution < 1.29 is 14.3 Å². The van der Waals surface area contributed by atoms with Gasteiger partial charge in [-0.05, 0) is 38.5 Å². The Kier molecular flexibility index (Phi) is 7.17. The second kappa shape index (κ2) is 9.36. The fourth-order valence-electron chi connectivity index (χ4n) is 2.87. The molecule has 1 heterocycles. The van der Waals surface area contributed by atoms with Gasteiger partial charge in [-0.25, -0.2) is 4.79 Å². The van der Waals surface area contributed by atoms with Gasteiger partial charge in [0.15, 0.2) is 0 Å². The number of benzene rings is 1. The van der Waals surface area contributed by atoms with Gasteiger partial charge in [-0.2, -0.15) is 5.10 Å². The van der Waals surface area contributed by atoms with E-state index in [1.54, 1.807) is 33.3 Å². The third kappa shape index (κ3) is 5.10. The molecule has 8 nitrogen and oxygen atoms in total. The molecule has 0 spiro atoms. The third-order valence-electron chi connectivity index (χ3n) is 4.60. The van der Waals surface area contributed by atoms with E-state index in [9.17, 15) is 9.59 Å². The van der Waals surface area contributed by atoms with Gasteiger partial charge < -0.3 is 20.3 Å². The molecule has 1 aromatic carbocycles. The molecule has 0 bridgehead atoms. The summed E-state index contributed by atoms with van der Waals surface area (Å²) >= 11 is 0. The Labute approximate surface area is 165 Å². The van der Waals surface area contributed by atoms with Gasteiger partial charge in [0.25, 0.3) is 5.91 Å². The number of aryl methyl sites for hydroxylation is 2. The van der Waals surface area contributed by atoms with Crippen molar-refractivity contribution in [1.29, 1.82) is 0 Å². The van der Waals surface area contributed by atoms with Crippen LogP contribution in [0.1, 0.15) is 32.9 Å². The molecule has 0 aliphatic carbocycles. The maximum Gasteiger partial charge on any atom is 0.319 e. The number of amides is 3. The van der Waals surface area contributed by atoms with Crippen molar-refractivity contribution in [2.75, 3.05) is 33.1 Å². The zero-order valence-corrected chi connectivity index (χ0v) is 17.4. The van der Waals surface area contributed by atoms with Gasteiger partial charge in [-0.3, -0.25) is 9.48 Å². The van der Waals surface area contributed by atoms with E-state index in [2.05, 4.69) is 15.7 Å². The zero-order valence-electron chi connectivity index (χ0n) is 17.4. The summed E-state index contributed by atoms with van der Waals surface area (Å²) in [5, 5.41) is 10.2. The van der Waals surface area contributed by atoms with Crippen LogP contribution < -0.4 is 10.6 Å². The molecular weight excluding hydrogens is 358 g/mol. The summed E-state index contributed by atoms with van der Waals surface area (Å²) in [7, 11) is 5.04. The molecule has 2 rings (SSSR count). The Balaban J connectivity index is 2.04. The van der Waals surface area contributed by atoms with E-state index < -0.39 is 0 Å². The van der Waals surface area contributed by atoms with Crippen molar-refractivity contribution in [3.8, 4) is 0 Å². The predicted molar refractivity (Wildman–Crippen MR) is 109 cm³/mol. The van der Waals surface area contributed by atoms with E-state index in [4.69, 9.17) is 4.74 Å². The van der Waals surface area contributed by atoms with Crippen LogP contribution in [0.25, 0.3) is 0 Å². The summed E-state index contributed by atoms with van der Waals surface area (Å²) in [5.41, 5.74) is 4.88. The minimum Gasteiger partial charge on any atom is -0.383 e. The number of carbonyl (C=O) groups excluding carboxylic acids is 2. The van der Waals surface area contributed by atoms with Gasteiger partial charge in [-0.15, -0.1) is 0 Å². The van der Waals surface area contributed by atoms with Gasteiger partial charge in [0, 0.05) is 50.3 Å². The molecule has 2 aromatic rings.